The smallest absolute Gasteiger partial charge is 0.323 e. The zero-order valence-electron chi connectivity index (χ0n) is 10.3. The molecule has 7 nitrogen and oxygen atoms in total. The van der Waals surface area contributed by atoms with Gasteiger partial charge in [0.15, 0.2) is 0 Å². The Hall–Kier alpha value is -1.63. The van der Waals surface area contributed by atoms with E-state index in [0.717, 1.165) is 13.0 Å². The van der Waals surface area contributed by atoms with E-state index in [2.05, 4.69) is 15.0 Å². The third kappa shape index (κ3) is 4.03. The molecule has 0 aromatic carbocycles. The molecule has 0 aliphatic rings. The maximum absolute atomic E-state index is 8.99. The Labute approximate surface area is 101 Å². The molecule has 7 heteroatoms. The van der Waals surface area contributed by atoms with Gasteiger partial charge in [-0.1, -0.05) is 6.92 Å². The molecule has 1 rings (SSSR count). The fourth-order valence-electron chi connectivity index (χ4n) is 1.40. The van der Waals surface area contributed by atoms with Crippen molar-refractivity contribution in [2.75, 3.05) is 36.9 Å². The Balaban J connectivity index is 2.92. The van der Waals surface area contributed by atoms with Crippen LogP contribution in [0.2, 0.25) is 0 Å². The molecule has 0 fully saturated rings. The minimum absolute atomic E-state index is 0.0373. The molecule has 1 aromatic heterocycles. The van der Waals surface area contributed by atoms with E-state index in [-0.39, 0.29) is 18.6 Å². The number of anilines is 2. The second kappa shape index (κ2) is 6.85. The Morgan fingerprint density at radius 1 is 1.24 bits per heavy atom. The van der Waals surface area contributed by atoms with Crippen molar-refractivity contribution >= 4 is 11.9 Å². The summed E-state index contributed by atoms with van der Waals surface area (Å²) < 4.78 is 5.20. The van der Waals surface area contributed by atoms with Crippen LogP contribution in [0.15, 0.2) is 0 Å². The van der Waals surface area contributed by atoms with E-state index in [0.29, 0.717) is 19.1 Å². The molecular weight excluding hydrogens is 222 g/mol. The zero-order chi connectivity index (χ0) is 12.7. The van der Waals surface area contributed by atoms with Crippen molar-refractivity contribution in [2.45, 2.75) is 20.3 Å². The number of aromatic nitrogens is 3. The average Bonchev–Trinajstić information content (AvgIpc) is 2.28. The number of nitrogens with two attached hydrogens (primary N) is 1. The molecule has 0 aliphatic carbocycles. The van der Waals surface area contributed by atoms with Crippen LogP contribution >= 0.6 is 0 Å². The molecule has 0 unspecified atom stereocenters. The third-order valence-corrected chi connectivity index (χ3v) is 2.04. The lowest BCUT2D eigenvalue weighted by Gasteiger charge is -2.20. The van der Waals surface area contributed by atoms with Gasteiger partial charge in [0.1, 0.15) is 0 Å². The van der Waals surface area contributed by atoms with Gasteiger partial charge in [-0.3, -0.25) is 0 Å². The van der Waals surface area contributed by atoms with E-state index >= 15 is 0 Å². The van der Waals surface area contributed by atoms with Crippen molar-refractivity contribution in [3.05, 3.63) is 0 Å². The predicted octanol–water partition coefficient (Wildman–Crippen LogP) is 0.0612. The lowest BCUT2D eigenvalue weighted by molar-refractivity contribution is 0.298. The van der Waals surface area contributed by atoms with Gasteiger partial charge in [-0.2, -0.15) is 15.0 Å². The molecule has 1 heterocycles. The molecule has 1 aromatic rings. The molecule has 0 saturated carbocycles. The largest absolute Gasteiger partial charge is 0.464 e. The summed E-state index contributed by atoms with van der Waals surface area (Å²) in [5.41, 5.74) is 5.59. The number of nitrogen functional groups attached to an aromatic ring is 1. The van der Waals surface area contributed by atoms with Crippen LogP contribution in [-0.2, 0) is 0 Å². The summed E-state index contributed by atoms with van der Waals surface area (Å²) in [7, 11) is 0. The zero-order valence-corrected chi connectivity index (χ0v) is 10.3. The summed E-state index contributed by atoms with van der Waals surface area (Å²) in [5, 5.41) is 8.99. The molecule has 0 amide bonds. The topological polar surface area (TPSA) is 97.4 Å². The summed E-state index contributed by atoms with van der Waals surface area (Å²) in [6.07, 6.45) is 0.926. The summed E-state index contributed by atoms with van der Waals surface area (Å²) in [4.78, 5) is 13.9. The first-order chi connectivity index (χ1) is 8.21. The first-order valence-corrected chi connectivity index (χ1v) is 5.71. The number of nitrogens with zero attached hydrogens (tertiary/aromatic N) is 4. The van der Waals surface area contributed by atoms with Crippen molar-refractivity contribution in [3.8, 4) is 6.01 Å². The number of rotatable bonds is 7. The SMILES string of the molecule is CCCN(CCO)c1nc(N)nc(OCC)n1. The van der Waals surface area contributed by atoms with Crippen LogP contribution in [0.5, 0.6) is 6.01 Å². The highest BCUT2D eigenvalue weighted by molar-refractivity contribution is 5.35. The van der Waals surface area contributed by atoms with Gasteiger partial charge >= 0.3 is 6.01 Å². The van der Waals surface area contributed by atoms with E-state index in [9.17, 15) is 0 Å². The van der Waals surface area contributed by atoms with Gasteiger partial charge in [-0.15, -0.1) is 0 Å². The molecule has 0 atom stereocenters. The molecule has 0 saturated heterocycles. The number of aliphatic hydroxyl groups excluding tert-OH is 1. The second-order valence-electron chi connectivity index (χ2n) is 3.42. The summed E-state index contributed by atoms with van der Waals surface area (Å²) >= 11 is 0. The Kier molecular flexibility index (Phi) is 5.41. The van der Waals surface area contributed by atoms with Crippen LogP contribution in [0.1, 0.15) is 20.3 Å². The average molecular weight is 241 g/mol. The Morgan fingerprint density at radius 2 is 2.00 bits per heavy atom. The second-order valence-corrected chi connectivity index (χ2v) is 3.42. The quantitative estimate of drug-likeness (QED) is 0.696. The normalized spacial score (nSPS) is 10.3. The lowest BCUT2D eigenvalue weighted by atomic mass is 10.4. The lowest BCUT2D eigenvalue weighted by Crippen LogP contribution is -2.29. The van der Waals surface area contributed by atoms with Gasteiger partial charge in [0, 0.05) is 13.1 Å². The minimum Gasteiger partial charge on any atom is -0.464 e. The van der Waals surface area contributed by atoms with E-state index in [1.54, 1.807) is 0 Å². The molecule has 3 N–H and O–H groups in total. The van der Waals surface area contributed by atoms with Gasteiger partial charge in [0.2, 0.25) is 11.9 Å². The standard InChI is InChI=1S/C10H19N5O2/c1-3-5-15(6-7-16)9-12-8(11)13-10(14-9)17-4-2/h16H,3-7H2,1-2H3,(H2,11,12,13,14). The van der Waals surface area contributed by atoms with E-state index in [1.807, 2.05) is 18.7 Å². The summed E-state index contributed by atoms with van der Waals surface area (Å²) in [5.74, 6) is 0.564. The van der Waals surface area contributed by atoms with Crippen LogP contribution in [0.4, 0.5) is 11.9 Å². The highest BCUT2D eigenvalue weighted by Crippen LogP contribution is 2.13. The molecule has 17 heavy (non-hydrogen) atoms. The first-order valence-electron chi connectivity index (χ1n) is 5.71. The highest BCUT2D eigenvalue weighted by atomic mass is 16.5. The van der Waals surface area contributed by atoms with E-state index in [4.69, 9.17) is 15.6 Å². The summed E-state index contributed by atoms with van der Waals surface area (Å²) in [6, 6.07) is 0.217. The first kappa shape index (κ1) is 13.4. The molecule has 0 bridgehead atoms. The van der Waals surface area contributed by atoms with Crippen LogP contribution in [0.25, 0.3) is 0 Å². The van der Waals surface area contributed by atoms with Crippen LogP contribution < -0.4 is 15.4 Å². The van der Waals surface area contributed by atoms with E-state index < -0.39 is 0 Å². The number of hydrogen-bond acceptors (Lipinski definition) is 7. The predicted molar refractivity (Wildman–Crippen MR) is 65.0 cm³/mol. The van der Waals surface area contributed by atoms with Crippen molar-refractivity contribution in [1.29, 1.82) is 0 Å². The maximum Gasteiger partial charge on any atom is 0.323 e. The summed E-state index contributed by atoms with van der Waals surface area (Å²) in [6.45, 7) is 5.60. The van der Waals surface area contributed by atoms with Crippen molar-refractivity contribution in [1.82, 2.24) is 15.0 Å². The van der Waals surface area contributed by atoms with Gasteiger partial charge in [0.05, 0.1) is 13.2 Å². The molecule has 0 spiro atoms. The van der Waals surface area contributed by atoms with Crippen LogP contribution in [0, 0.1) is 0 Å². The fraction of sp³-hybridized carbons (Fsp3) is 0.700. The number of ether oxygens (including phenoxy) is 1. The monoisotopic (exact) mass is 241 g/mol. The number of hydrogen-bond donors (Lipinski definition) is 2. The number of aliphatic hydroxyl groups is 1. The Morgan fingerprint density at radius 3 is 2.59 bits per heavy atom. The van der Waals surface area contributed by atoms with E-state index in [1.165, 1.54) is 0 Å². The highest BCUT2D eigenvalue weighted by Gasteiger charge is 2.11. The molecule has 96 valence electrons. The fourth-order valence-corrected chi connectivity index (χ4v) is 1.40. The van der Waals surface area contributed by atoms with Crippen LogP contribution in [0.3, 0.4) is 0 Å². The third-order valence-electron chi connectivity index (χ3n) is 2.04. The van der Waals surface area contributed by atoms with Crippen LogP contribution in [-0.4, -0.2) is 46.4 Å². The van der Waals surface area contributed by atoms with Gasteiger partial charge < -0.3 is 20.5 Å². The maximum atomic E-state index is 8.99. The molecule has 0 aliphatic heterocycles. The van der Waals surface area contributed by atoms with Crippen molar-refractivity contribution < 1.29 is 9.84 Å². The minimum atomic E-state index is 0.0373. The Bertz CT molecular complexity index is 341. The van der Waals surface area contributed by atoms with Crippen molar-refractivity contribution in [2.24, 2.45) is 0 Å². The van der Waals surface area contributed by atoms with Crippen molar-refractivity contribution in [3.63, 3.8) is 0 Å². The van der Waals surface area contributed by atoms with Gasteiger partial charge in [-0.05, 0) is 13.3 Å². The van der Waals surface area contributed by atoms with Gasteiger partial charge in [0.25, 0.3) is 0 Å². The molecular formula is C10H19N5O2. The molecule has 0 radical (unpaired) electrons. The van der Waals surface area contributed by atoms with Gasteiger partial charge in [-0.25, -0.2) is 0 Å².